The van der Waals surface area contributed by atoms with E-state index >= 15 is 0 Å². The standard InChI is InChI=1S/2C18H36O2.C5H7NO3/c2*1-17(2)15-13-11-9-7-5-3-4-6-8-10-12-14-16-18(19)20;7-4-2-1-3(6-4)5(8)9/h2*17H,3-16H2,1-2H3,(H,19,20);3H,1-2H2,(H,6,7)(H,8,9)/t;;3-/m..0/s1. The number of nitrogens with one attached hydrogen (secondary N) is 1. The molecule has 4 N–H and O–H groups in total. The number of amides is 1. The SMILES string of the molecule is CC(C)CCCCCCCCCCCCCCC(=O)O.CC(C)CCCCCCCCCCCCCCC(=O)O.O=C1CC[C@@H](C(=O)O)N1. The zero-order valence-corrected chi connectivity index (χ0v) is 32.4. The molecule has 1 fully saturated rings. The number of hydrogen-bond acceptors (Lipinski definition) is 4. The molecule has 0 aromatic carbocycles. The molecule has 49 heavy (non-hydrogen) atoms. The van der Waals surface area contributed by atoms with Crippen LogP contribution in [0.1, 0.15) is 220 Å². The summed E-state index contributed by atoms with van der Waals surface area (Å²) in [6.07, 6.45) is 35.4. The molecule has 0 unspecified atom stereocenters. The Morgan fingerprint density at radius 2 is 0.776 bits per heavy atom. The molecule has 8 heteroatoms. The number of carbonyl (C=O) groups excluding carboxylic acids is 1. The Morgan fingerprint density at radius 1 is 0.510 bits per heavy atom. The summed E-state index contributed by atoms with van der Waals surface area (Å²) in [5.74, 6) is -0.684. The monoisotopic (exact) mass is 698 g/mol. The van der Waals surface area contributed by atoms with E-state index in [2.05, 4.69) is 33.0 Å². The zero-order valence-electron chi connectivity index (χ0n) is 32.4. The van der Waals surface area contributed by atoms with E-state index in [0.29, 0.717) is 25.7 Å². The van der Waals surface area contributed by atoms with Crippen LogP contribution in [0.4, 0.5) is 0 Å². The van der Waals surface area contributed by atoms with E-state index in [-0.39, 0.29) is 5.91 Å². The predicted octanol–water partition coefficient (Wildman–Crippen LogP) is 11.7. The highest BCUT2D eigenvalue weighted by Crippen LogP contribution is 2.16. The molecule has 1 atom stereocenters. The van der Waals surface area contributed by atoms with Crippen LogP contribution in [-0.2, 0) is 19.2 Å². The molecule has 0 spiro atoms. The molecule has 290 valence electrons. The van der Waals surface area contributed by atoms with Crippen molar-refractivity contribution >= 4 is 23.8 Å². The Labute approximate surface area is 301 Å². The number of aliphatic carboxylic acids is 3. The molecule has 0 aromatic rings. The maximum Gasteiger partial charge on any atom is 0.326 e. The van der Waals surface area contributed by atoms with Crippen molar-refractivity contribution in [3.63, 3.8) is 0 Å². The van der Waals surface area contributed by atoms with Crippen LogP contribution < -0.4 is 5.32 Å². The van der Waals surface area contributed by atoms with Gasteiger partial charge in [0.25, 0.3) is 0 Å². The molecule has 0 bridgehead atoms. The summed E-state index contributed by atoms with van der Waals surface area (Å²) in [6.45, 7) is 9.23. The minimum atomic E-state index is -0.944. The summed E-state index contributed by atoms with van der Waals surface area (Å²) < 4.78 is 0. The van der Waals surface area contributed by atoms with Crippen LogP contribution in [0.2, 0.25) is 0 Å². The summed E-state index contributed by atoms with van der Waals surface area (Å²) in [7, 11) is 0. The van der Waals surface area contributed by atoms with Crippen molar-refractivity contribution < 1.29 is 34.5 Å². The van der Waals surface area contributed by atoms with Crippen LogP contribution in [-0.4, -0.2) is 45.2 Å². The van der Waals surface area contributed by atoms with E-state index in [0.717, 1.165) is 37.5 Å². The van der Waals surface area contributed by atoms with Crippen LogP contribution in [0, 0.1) is 11.8 Å². The smallest absolute Gasteiger partial charge is 0.326 e. The van der Waals surface area contributed by atoms with Crippen molar-refractivity contribution in [2.45, 2.75) is 226 Å². The Morgan fingerprint density at radius 3 is 0.959 bits per heavy atom. The fraction of sp³-hybridized carbons (Fsp3) is 0.902. The summed E-state index contributed by atoms with van der Waals surface area (Å²) in [5.41, 5.74) is 0. The Bertz CT molecular complexity index is 738. The summed E-state index contributed by atoms with van der Waals surface area (Å²) >= 11 is 0. The highest BCUT2D eigenvalue weighted by molar-refractivity contribution is 5.87. The van der Waals surface area contributed by atoms with E-state index in [1.807, 2.05) is 0 Å². The van der Waals surface area contributed by atoms with E-state index < -0.39 is 23.9 Å². The Kier molecular flexibility index (Phi) is 37.1. The van der Waals surface area contributed by atoms with Crippen LogP contribution in [0.3, 0.4) is 0 Å². The summed E-state index contributed by atoms with van der Waals surface area (Å²) in [6, 6.07) is -0.641. The Hall–Kier alpha value is -2.12. The lowest BCUT2D eigenvalue weighted by atomic mass is 10.0. The van der Waals surface area contributed by atoms with Crippen molar-refractivity contribution in [1.29, 1.82) is 0 Å². The van der Waals surface area contributed by atoms with Gasteiger partial charge in [-0.15, -0.1) is 0 Å². The van der Waals surface area contributed by atoms with Crippen LogP contribution in [0.5, 0.6) is 0 Å². The molecule has 8 nitrogen and oxygen atoms in total. The van der Waals surface area contributed by atoms with Gasteiger partial charge in [-0.2, -0.15) is 0 Å². The van der Waals surface area contributed by atoms with Crippen LogP contribution in [0.25, 0.3) is 0 Å². The van der Waals surface area contributed by atoms with Crippen molar-refractivity contribution in [3.05, 3.63) is 0 Å². The molecule has 1 saturated heterocycles. The van der Waals surface area contributed by atoms with Gasteiger partial charge in [-0.05, 0) is 31.1 Å². The molecular formula is C41H79NO7. The topological polar surface area (TPSA) is 141 Å². The fourth-order valence-electron chi connectivity index (χ4n) is 5.99. The van der Waals surface area contributed by atoms with Gasteiger partial charge in [-0.25, -0.2) is 4.79 Å². The first-order chi connectivity index (χ1) is 23.5. The molecule has 0 aliphatic carbocycles. The van der Waals surface area contributed by atoms with Gasteiger partial charge in [0.15, 0.2) is 0 Å². The lowest BCUT2D eigenvalue weighted by Crippen LogP contribution is -2.32. The maximum atomic E-state index is 10.4. The highest BCUT2D eigenvalue weighted by Gasteiger charge is 2.26. The summed E-state index contributed by atoms with van der Waals surface area (Å²) in [4.78, 5) is 41.2. The first-order valence-corrected chi connectivity index (χ1v) is 20.4. The average molecular weight is 698 g/mol. The molecule has 0 radical (unpaired) electrons. The van der Waals surface area contributed by atoms with Crippen molar-refractivity contribution in [2.24, 2.45) is 11.8 Å². The first-order valence-electron chi connectivity index (χ1n) is 20.4. The average Bonchev–Trinajstić information content (AvgIpc) is 3.48. The second-order valence-electron chi connectivity index (χ2n) is 15.1. The lowest BCUT2D eigenvalue weighted by molar-refractivity contribution is -0.140. The van der Waals surface area contributed by atoms with Crippen LogP contribution in [0.15, 0.2) is 0 Å². The zero-order chi connectivity index (χ0) is 37.0. The van der Waals surface area contributed by atoms with Gasteiger partial charge in [0.2, 0.25) is 5.91 Å². The molecule has 1 amide bonds. The second-order valence-corrected chi connectivity index (χ2v) is 15.1. The van der Waals surface area contributed by atoms with Gasteiger partial charge in [-0.1, -0.05) is 182 Å². The number of carboxylic acid groups (broad SMARTS) is 3. The molecule has 0 aromatic heterocycles. The molecular weight excluding hydrogens is 618 g/mol. The first kappa shape index (κ1) is 49.0. The molecule has 1 heterocycles. The summed E-state index contributed by atoms with van der Waals surface area (Å²) in [5, 5.41) is 27.7. The molecule has 1 rings (SSSR count). The van der Waals surface area contributed by atoms with E-state index in [4.69, 9.17) is 15.3 Å². The quantitative estimate of drug-likeness (QED) is 0.0528. The number of rotatable bonds is 31. The largest absolute Gasteiger partial charge is 0.481 e. The molecule has 0 saturated carbocycles. The second kappa shape index (κ2) is 37.1. The number of unbranched alkanes of at least 4 members (excludes halogenated alkanes) is 22. The van der Waals surface area contributed by atoms with Gasteiger partial charge < -0.3 is 20.6 Å². The minimum absolute atomic E-state index is 0.164. The molecule has 1 aliphatic rings. The number of carboxylic acids is 3. The third-order valence-corrected chi connectivity index (χ3v) is 9.14. The van der Waals surface area contributed by atoms with E-state index in [1.54, 1.807) is 0 Å². The van der Waals surface area contributed by atoms with Crippen molar-refractivity contribution in [1.82, 2.24) is 5.32 Å². The van der Waals surface area contributed by atoms with Gasteiger partial charge in [-0.3, -0.25) is 14.4 Å². The third kappa shape index (κ3) is 43.9. The van der Waals surface area contributed by atoms with E-state index in [1.165, 1.54) is 141 Å². The van der Waals surface area contributed by atoms with E-state index in [9.17, 15) is 19.2 Å². The van der Waals surface area contributed by atoms with Gasteiger partial charge in [0, 0.05) is 19.3 Å². The van der Waals surface area contributed by atoms with Gasteiger partial charge in [0.1, 0.15) is 6.04 Å². The van der Waals surface area contributed by atoms with Gasteiger partial charge >= 0.3 is 17.9 Å². The lowest BCUT2D eigenvalue weighted by Gasteiger charge is -2.04. The minimum Gasteiger partial charge on any atom is -0.481 e. The fourth-order valence-corrected chi connectivity index (χ4v) is 5.99. The highest BCUT2D eigenvalue weighted by atomic mass is 16.4. The number of carbonyl (C=O) groups is 4. The third-order valence-electron chi connectivity index (χ3n) is 9.14. The normalized spacial score (nSPS) is 13.8. The number of hydrogen-bond donors (Lipinski definition) is 4. The Balaban J connectivity index is 0. The van der Waals surface area contributed by atoms with Gasteiger partial charge in [0.05, 0.1) is 0 Å². The molecule has 1 aliphatic heterocycles. The van der Waals surface area contributed by atoms with Crippen molar-refractivity contribution in [2.75, 3.05) is 0 Å². The predicted molar refractivity (Wildman–Crippen MR) is 203 cm³/mol. The van der Waals surface area contributed by atoms with Crippen LogP contribution >= 0.6 is 0 Å². The maximum absolute atomic E-state index is 10.4. The van der Waals surface area contributed by atoms with Crippen molar-refractivity contribution in [3.8, 4) is 0 Å².